The molecule has 0 aromatic heterocycles. The van der Waals surface area contributed by atoms with Gasteiger partial charge >= 0.3 is 0 Å². The number of rotatable bonds is 5. The molecule has 0 unspecified atom stereocenters. The Bertz CT molecular complexity index is 666. The lowest BCUT2D eigenvalue weighted by atomic mass is 10.2. The molecule has 5 nitrogen and oxygen atoms in total. The highest BCUT2D eigenvalue weighted by Gasteiger charge is 2.32. The lowest BCUT2D eigenvalue weighted by Gasteiger charge is -2.22. The Morgan fingerprint density at radius 2 is 1.68 bits per heavy atom. The Hall–Kier alpha value is -0.440. The van der Waals surface area contributed by atoms with Gasteiger partial charge in [0.15, 0.2) is 9.84 Å². The fourth-order valence-corrected chi connectivity index (χ4v) is 3.78. The van der Waals surface area contributed by atoms with E-state index >= 15 is 0 Å². The van der Waals surface area contributed by atoms with E-state index in [1.165, 1.54) is 19.9 Å². The molecule has 1 aromatic carbocycles. The first kappa shape index (κ1) is 16.6. The number of hydrogen-bond donors (Lipinski definition) is 1. The van der Waals surface area contributed by atoms with Gasteiger partial charge in [-0.25, -0.2) is 21.6 Å². The lowest BCUT2D eigenvalue weighted by molar-refractivity contribution is 0.537. The highest BCUT2D eigenvalue weighted by molar-refractivity contribution is 9.10. The first-order valence-electron chi connectivity index (χ1n) is 5.41. The molecule has 108 valence electrons. The maximum Gasteiger partial charge on any atom is 0.241 e. The Labute approximate surface area is 122 Å². The molecule has 1 aromatic rings. The van der Waals surface area contributed by atoms with Crippen molar-refractivity contribution >= 4 is 35.8 Å². The zero-order valence-electron chi connectivity index (χ0n) is 10.8. The van der Waals surface area contributed by atoms with Crippen molar-refractivity contribution in [3.63, 3.8) is 0 Å². The van der Waals surface area contributed by atoms with Gasteiger partial charge < -0.3 is 0 Å². The minimum Gasteiger partial charge on any atom is -0.229 e. The predicted molar refractivity (Wildman–Crippen MR) is 78.3 cm³/mol. The molecule has 0 fully saturated rings. The SMILES string of the molecule is CC(C)(CNS(=O)(=O)c1ccccc1Br)S(C)(=O)=O. The largest absolute Gasteiger partial charge is 0.241 e. The molecule has 0 aliphatic rings. The molecule has 0 spiro atoms. The van der Waals surface area contributed by atoms with Crippen molar-refractivity contribution in [2.45, 2.75) is 23.5 Å². The molecule has 0 atom stereocenters. The second kappa shape index (κ2) is 5.51. The molecule has 1 rings (SSSR count). The summed E-state index contributed by atoms with van der Waals surface area (Å²) in [6.07, 6.45) is 1.08. The van der Waals surface area contributed by atoms with Crippen LogP contribution < -0.4 is 4.72 Å². The summed E-state index contributed by atoms with van der Waals surface area (Å²) in [6.45, 7) is 2.77. The molecule has 0 radical (unpaired) electrons. The Balaban J connectivity index is 2.99. The standard InChI is InChI=1S/C11H16BrNO4S2/c1-11(2,18(3,14)15)8-13-19(16,17)10-7-5-4-6-9(10)12/h4-7,13H,8H2,1-3H3. The van der Waals surface area contributed by atoms with Gasteiger partial charge in [0, 0.05) is 17.3 Å². The number of sulfone groups is 1. The Kier molecular flexibility index (Phi) is 4.82. The summed E-state index contributed by atoms with van der Waals surface area (Å²) in [4.78, 5) is 0.0827. The van der Waals surface area contributed by atoms with Crippen LogP contribution in [-0.4, -0.2) is 34.4 Å². The van der Waals surface area contributed by atoms with Gasteiger partial charge in [-0.05, 0) is 41.9 Å². The quantitative estimate of drug-likeness (QED) is 0.853. The van der Waals surface area contributed by atoms with Gasteiger partial charge in [0.1, 0.15) is 0 Å². The van der Waals surface area contributed by atoms with Crippen molar-refractivity contribution in [3.05, 3.63) is 28.7 Å². The molecule has 0 saturated heterocycles. The van der Waals surface area contributed by atoms with E-state index in [1.54, 1.807) is 18.2 Å². The molecule has 0 saturated carbocycles. The van der Waals surface area contributed by atoms with Crippen LogP contribution in [0.2, 0.25) is 0 Å². The van der Waals surface area contributed by atoms with E-state index < -0.39 is 24.6 Å². The molecular weight excluding hydrogens is 354 g/mol. The first-order valence-corrected chi connectivity index (χ1v) is 9.58. The number of benzene rings is 1. The van der Waals surface area contributed by atoms with Gasteiger partial charge in [0.25, 0.3) is 0 Å². The summed E-state index contributed by atoms with van der Waals surface area (Å²) < 4.78 is 48.8. The monoisotopic (exact) mass is 369 g/mol. The summed E-state index contributed by atoms with van der Waals surface area (Å²) in [7, 11) is -7.10. The Morgan fingerprint density at radius 1 is 1.16 bits per heavy atom. The summed E-state index contributed by atoms with van der Waals surface area (Å²) >= 11 is 3.15. The van der Waals surface area contributed by atoms with Crippen LogP contribution >= 0.6 is 15.9 Å². The molecule has 0 heterocycles. The van der Waals surface area contributed by atoms with Crippen LogP contribution in [0.4, 0.5) is 0 Å². The fourth-order valence-electron chi connectivity index (χ4n) is 1.14. The smallest absolute Gasteiger partial charge is 0.229 e. The number of nitrogens with one attached hydrogen (secondary N) is 1. The van der Waals surface area contributed by atoms with E-state index in [0.29, 0.717) is 4.47 Å². The van der Waals surface area contributed by atoms with Crippen molar-refractivity contribution in [1.82, 2.24) is 4.72 Å². The summed E-state index contributed by atoms with van der Waals surface area (Å²) in [6, 6.07) is 6.35. The molecule has 0 amide bonds. The maximum absolute atomic E-state index is 12.1. The van der Waals surface area contributed by atoms with Gasteiger partial charge in [0.2, 0.25) is 10.0 Å². The summed E-state index contributed by atoms with van der Waals surface area (Å²) in [5.41, 5.74) is 0. The third kappa shape index (κ3) is 4.01. The average Bonchev–Trinajstić information content (AvgIpc) is 2.25. The third-order valence-electron chi connectivity index (χ3n) is 2.82. The topological polar surface area (TPSA) is 80.3 Å². The van der Waals surface area contributed by atoms with Crippen LogP contribution in [0.3, 0.4) is 0 Å². The minimum absolute atomic E-state index is 0.0827. The normalized spacial score (nSPS) is 13.5. The van der Waals surface area contributed by atoms with Crippen molar-refractivity contribution in [1.29, 1.82) is 0 Å². The molecule has 19 heavy (non-hydrogen) atoms. The third-order valence-corrected chi connectivity index (χ3v) is 7.38. The van der Waals surface area contributed by atoms with E-state index in [2.05, 4.69) is 20.7 Å². The molecule has 0 aliphatic carbocycles. The molecule has 1 N–H and O–H groups in total. The van der Waals surface area contributed by atoms with Gasteiger partial charge in [0.05, 0.1) is 9.64 Å². The number of hydrogen-bond acceptors (Lipinski definition) is 4. The van der Waals surface area contributed by atoms with Crippen LogP contribution in [0.5, 0.6) is 0 Å². The van der Waals surface area contributed by atoms with E-state index in [-0.39, 0.29) is 11.4 Å². The Morgan fingerprint density at radius 3 is 2.16 bits per heavy atom. The van der Waals surface area contributed by atoms with Gasteiger partial charge in [-0.15, -0.1) is 0 Å². The second-order valence-electron chi connectivity index (χ2n) is 4.79. The maximum atomic E-state index is 12.1. The minimum atomic E-state index is -3.75. The average molecular weight is 370 g/mol. The fraction of sp³-hybridized carbons (Fsp3) is 0.455. The van der Waals surface area contributed by atoms with Crippen molar-refractivity contribution in [2.75, 3.05) is 12.8 Å². The van der Waals surface area contributed by atoms with Crippen LogP contribution in [0.1, 0.15) is 13.8 Å². The first-order chi connectivity index (χ1) is 8.47. The van der Waals surface area contributed by atoms with Crippen molar-refractivity contribution in [2.24, 2.45) is 0 Å². The van der Waals surface area contributed by atoms with Crippen molar-refractivity contribution in [3.8, 4) is 0 Å². The van der Waals surface area contributed by atoms with Gasteiger partial charge in [-0.1, -0.05) is 12.1 Å². The second-order valence-corrected chi connectivity index (χ2v) is 10.0. The van der Waals surface area contributed by atoms with E-state index in [4.69, 9.17) is 0 Å². The molecule has 0 aliphatic heterocycles. The highest BCUT2D eigenvalue weighted by atomic mass is 79.9. The van der Waals surface area contributed by atoms with E-state index in [9.17, 15) is 16.8 Å². The van der Waals surface area contributed by atoms with Crippen LogP contribution in [0.15, 0.2) is 33.6 Å². The molecular formula is C11H16BrNO4S2. The predicted octanol–water partition coefficient (Wildman–Crippen LogP) is 1.55. The van der Waals surface area contributed by atoms with E-state index in [0.717, 1.165) is 6.26 Å². The van der Waals surface area contributed by atoms with Crippen molar-refractivity contribution < 1.29 is 16.8 Å². The highest BCUT2D eigenvalue weighted by Crippen LogP contribution is 2.22. The molecule has 8 heteroatoms. The zero-order chi connectivity index (χ0) is 14.9. The van der Waals surface area contributed by atoms with Crippen LogP contribution in [0, 0.1) is 0 Å². The van der Waals surface area contributed by atoms with Crippen LogP contribution in [-0.2, 0) is 19.9 Å². The lowest BCUT2D eigenvalue weighted by Crippen LogP contribution is -2.43. The van der Waals surface area contributed by atoms with Gasteiger partial charge in [-0.2, -0.15) is 0 Å². The number of halogens is 1. The number of sulfonamides is 1. The van der Waals surface area contributed by atoms with Crippen LogP contribution in [0.25, 0.3) is 0 Å². The van der Waals surface area contributed by atoms with Gasteiger partial charge in [-0.3, -0.25) is 0 Å². The molecule has 0 bridgehead atoms. The summed E-state index contributed by atoms with van der Waals surface area (Å²) in [5, 5.41) is 0. The summed E-state index contributed by atoms with van der Waals surface area (Å²) in [5.74, 6) is 0. The van der Waals surface area contributed by atoms with E-state index in [1.807, 2.05) is 0 Å². The zero-order valence-corrected chi connectivity index (χ0v) is 14.1.